The van der Waals surface area contributed by atoms with Gasteiger partial charge in [0.15, 0.2) is 11.6 Å². The summed E-state index contributed by atoms with van der Waals surface area (Å²) in [7, 11) is 2.52. The number of hydrogen-bond acceptors (Lipinski definition) is 8. The van der Waals surface area contributed by atoms with Crippen LogP contribution in [-0.4, -0.2) is 66.7 Å². The monoisotopic (exact) mass is 666 g/mol. The van der Waals surface area contributed by atoms with E-state index < -0.39 is 12.0 Å². The third kappa shape index (κ3) is 7.14. The zero-order valence-electron chi connectivity index (χ0n) is 24.2. The summed E-state index contributed by atoms with van der Waals surface area (Å²) >= 11 is 18.7. The van der Waals surface area contributed by atoms with Gasteiger partial charge in [-0.3, -0.25) is 15.0 Å². The Hall–Kier alpha value is -4.78. The Labute approximate surface area is 272 Å². The second kappa shape index (κ2) is 13.5. The summed E-state index contributed by atoms with van der Waals surface area (Å²) in [6, 6.07) is 15.2. The van der Waals surface area contributed by atoms with Gasteiger partial charge < -0.3 is 4.74 Å². The largest absolute Gasteiger partial charge is 0.452 e. The van der Waals surface area contributed by atoms with Gasteiger partial charge in [0.1, 0.15) is 11.4 Å². The van der Waals surface area contributed by atoms with Crippen LogP contribution in [0.4, 0.5) is 4.79 Å². The molecule has 15 heteroatoms. The van der Waals surface area contributed by atoms with Gasteiger partial charge in [-0.05, 0) is 60.5 Å². The minimum absolute atomic E-state index is 0.114. The minimum atomic E-state index is -0.781. The van der Waals surface area contributed by atoms with Crippen LogP contribution in [0.15, 0.2) is 67.0 Å². The van der Waals surface area contributed by atoms with Crippen LogP contribution in [0.25, 0.3) is 17.1 Å². The van der Waals surface area contributed by atoms with Crippen molar-refractivity contribution < 1.29 is 19.1 Å². The molecule has 0 saturated heterocycles. The maximum absolute atomic E-state index is 14.0. The number of amides is 2. The highest BCUT2D eigenvalue weighted by atomic mass is 35.5. The van der Waals surface area contributed by atoms with Gasteiger partial charge in [0, 0.05) is 40.8 Å². The van der Waals surface area contributed by atoms with Gasteiger partial charge in [-0.25, -0.2) is 24.2 Å². The normalized spacial score (nSPS) is 10.9. The highest BCUT2D eigenvalue weighted by Gasteiger charge is 2.24. The van der Waals surface area contributed by atoms with Gasteiger partial charge in [0.25, 0.3) is 5.91 Å². The first-order valence-corrected chi connectivity index (χ1v) is 14.5. The van der Waals surface area contributed by atoms with E-state index in [4.69, 9.17) is 34.8 Å². The number of hydrogen-bond donors (Lipinski definition) is 1. The summed E-state index contributed by atoms with van der Waals surface area (Å²) < 4.78 is 7.60. The molecule has 0 unspecified atom stereocenters. The predicted octanol–water partition coefficient (Wildman–Crippen LogP) is 5.61. The van der Waals surface area contributed by atoms with Crippen LogP contribution in [0.5, 0.6) is 0 Å². The van der Waals surface area contributed by atoms with Crippen molar-refractivity contribution in [1.29, 1.82) is 0 Å². The van der Waals surface area contributed by atoms with Gasteiger partial charge in [0.05, 0.1) is 30.6 Å². The number of ether oxygens (including phenoxy) is 1. The molecule has 0 saturated carbocycles. The van der Waals surface area contributed by atoms with Crippen molar-refractivity contribution in [3.8, 4) is 17.1 Å². The molecule has 1 N–H and O–H groups in total. The molecular weight excluding hydrogens is 643 g/mol. The topological polar surface area (TPSA) is 137 Å². The fraction of sp³-hybridized carbons (Fsp3) is 0.167. The number of benzene rings is 2. The SMILES string of the molecule is COC(=O)N(C)NC(=O)c1cc(Cl)cc(C)c1CC(=O)c1cc(Cn2cc(-c3ccc(Cl)cc3)nn2)nn1-c1ncccc1Cl. The van der Waals surface area contributed by atoms with E-state index in [0.29, 0.717) is 27.5 Å². The predicted molar refractivity (Wildman–Crippen MR) is 168 cm³/mol. The lowest BCUT2D eigenvalue weighted by molar-refractivity contribution is 0.0765. The third-order valence-electron chi connectivity index (χ3n) is 6.73. The number of ketones is 1. The van der Waals surface area contributed by atoms with E-state index in [1.807, 2.05) is 12.1 Å². The lowest BCUT2D eigenvalue weighted by Crippen LogP contribution is -2.43. The van der Waals surface area contributed by atoms with Crippen LogP contribution in [0.2, 0.25) is 15.1 Å². The number of aromatic nitrogens is 6. The molecule has 3 aromatic heterocycles. The molecule has 45 heavy (non-hydrogen) atoms. The Bertz CT molecular complexity index is 1910. The number of nitrogens with zero attached hydrogens (tertiary/aromatic N) is 7. The van der Waals surface area contributed by atoms with Gasteiger partial charge in [-0.2, -0.15) is 5.10 Å². The van der Waals surface area contributed by atoms with Gasteiger partial charge >= 0.3 is 6.09 Å². The Balaban J connectivity index is 1.48. The summed E-state index contributed by atoms with van der Waals surface area (Å²) in [5, 5.41) is 15.1. The molecule has 5 aromatic rings. The van der Waals surface area contributed by atoms with Crippen molar-refractivity contribution in [3.63, 3.8) is 0 Å². The molecule has 0 aliphatic rings. The van der Waals surface area contributed by atoms with Gasteiger partial charge in [-0.1, -0.05) is 52.1 Å². The smallest absolute Gasteiger partial charge is 0.428 e. The van der Waals surface area contributed by atoms with Crippen molar-refractivity contribution in [2.75, 3.05) is 14.2 Å². The number of carbonyl (C=O) groups excluding carboxylic acids is 3. The molecule has 0 bridgehead atoms. The van der Waals surface area contributed by atoms with Crippen LogP contribution < -0.4 is 5.43 Å². The van der Waals surface area contributed by atoms with E-state index in [-0.39, 0.29) is 45.9 Å². The first kappa shape index (κ1) is 31.6. The van der Waals surface area contributed by atoms with Crippen molar-refractivity contribution in [2.24, 2.45) is 0 Å². The van der Waals surface area contributed by atoms with Crippen molar-refractivity contribution >= 4 is 52.6 Å². The summed E-state index contributed by atoms with van der Waals surface area (Å²) in [4.78, 5) is 43.3. The Morgan fingerprint density at radius 3 is 2.49 bits per heavy atom. The maximum atomic E-state index is 14.0. The molecule has 0 aliphatic heterocycles. The van der Waals surface area contributed by atoms with Crippen LogP contribution in [0.3, 0.4) is 0 Å². The maximum Gasteiger partial charge on any atom is 0.428 e. The number of halogens is 3. The molecule has 12 nitrogen and oxygen atoms in total. The molecule has 0 aliphatic carbocycles. The molecule has 0 fully saturated rings. The molecule has 5 rings (SSSR count). The quantitative estimate of drug-likeness (QED) is 0.167. The van der Waals surface area contributed by atoms with E-state index in [2.05, 4.69) is 30.6 Å². The summed E-state index contributed by atoms with van der Waals surface area (Å²) in [6.45, 7) is 1.92. The zero-order chi connectivity index (χ0) is 32.2. The number of Topliss-reactive ketones (excluding diaryl/α,β-unsaturated/α-hetero) is 1. The number of nitrogens with one attached hydrogen (secondary N) is 1. The van der Waals surface area contributed by atoms with Crippen molar-refractivity contribution in [1.82, 2.24) is 40.2 Å². The van der Waals surface area contributed by atoms with E-state index in [1.54, 1.807) is 54.2 Å². The molecule has 2 aromatic carbocycles. The molecule has 3 heterocycles. The molecular formula is C30H25Cl3N8O4. The van der Waals surface area contributed by atoms with E-state index >= 15 is 0 Å². The van der Waals surface area contributed by atoms with E-state index in [1.165, 1.54) is 31.1 Å². The molecule has 230 valence electrons. The lowest BCUT2D eigenvalue weighted by atomic mass is 9.95. The summed E-state index contributed by atoms with van der Waals surface area (Å²) in [6.07, 6.45) is 2.31. The number of methoxy groups -OCH3 is 1. The fourth-order valence-electron chi connectivity index (χ4n) is 4.55. The number of pyridine rings is 1. The fourth-order valence-corrected chi connectivity index (χ4v) is 5.15. The highest BCUT2D eigenvalue weighted by molar-refractivity contribution is 6.32. The number of carbonyl (C=O) groups is 3. The van der Waals surface area contributed by atoms with Crippen LogP contribution >= 0.6 is 34.8 Å². The Morgan fingerprint density at radius 2 is 1.78 bits per heavy atom. The molecule has 0 atom stereocenters. The molecule has 0 radical (unpaired) electrons. The summed E-state index contributed by atoms with van der Waals surface area (Å²) in [5.74, 6) is -0.780. The first-order chi connectivity index (χ1) is 21.5. The third-order valence-corrected chi connectivity index (χ3v) is 7.49. The van der Waals surface area contributed by atoms with Crippen LogP contribution in [-0.2, 0) is 17.7 Å². The second-order valence-corrected chi connectivity index (χ2v) is 11.1. The summed E-state index contributed by atoms with van der Waals surface area (Å²) in [5.41, 5.74) is 5.68. The number of rotatable bonds is 8. The minimum Gasteiger partial charge on any atom is -0.452 e. The average Bonchev–Trinajstić information content (AvgIpc) is 3.66. The van der Waals surface area contributed by atoms with Crippen molar-refractivity contribution in [2.45, 2.75) is 19.9 Å². The zero-order valence-corrected chi connectivity index (χ0v) is 26.4. The van der Waals surface area contributed by atoms with Crippen molar-refractivity contribution in [3.05, 3.63) is 110 Å². The van der Waals surface area contributed by atoms with Crippen LogP contribution in [0, 0.1) is 6.92 Å². The lowest BCUT2D eigenvalue weighted by Gasteiger charge is -2.19. The van der Waals surface area contributed by atoms with E-state index in [9.17, 15) is 14.4 Å². The Morgan fingerprint density at radius 1 is 1.02 bits per heavy atom. The first-order valence-electron chi connectivity index (χ1n) is 13.3. The van der Waals surface area contributed by atoms with E-state index in [0.717, 1.165) is 10.6 Å². The van der Waals surface area contributed by atoms with Gasteiger partial charge in [0.2, 0.25) is 0 Å². The second-order valence-electron chi connectivity index (χ2n) is 9.87. The molecule has 2 amide bonds. The van der Waals surface area contributed by atoms with Gasteiger partial charge in [-0.15, -0.1) is 5.10 Å². The number of hydrazine groups is 1. The highest BCUT2D eigenvalue weighted by Crippen LogP contribution is 2.26. The molecule has 0 spiro atoms. The standard InChI is InChI=1S/C30H25Cl3N8O4/c1-17-11-20(32)12-23(29(43)37-39(2)30(44)45-3)22(17)14-27(42)26-13-21(36-41(26)28-24(33)5-4-10-34-28)15-40-16-25(35-38-40)18-6-8-19(31)9-7-18/h4-13,16H,14-15H2,1-3H3,(H,37,43). The van der Waals surface area contributed by atoms with Crippen LogP contribution in [0.1, 0.15) is 37.7 Å². The number of aryl methyl sites for hydroxylation is 1. The Kier molecular flexibility index (Phi) is 9.47. The average molecular weight is 668 g/mol.